The van der Waals surface area contributed by atoms with Crippen LogP contribution in [0.3, 0.4) is 0 Å². The number of aromatic nitrogens is 1. The van der Waals surface area contributed by atoms with Crippen molar-refractivity contribution < 1.29 is 13.2 Å². The second-order valence-corrected chi connectivity index (χ2v) is 9.70. The van der Waals surface area contributed by atoms with Crippen LogP contribution in [0, 0.1) is 0 Å². The molecular formula is C21H28ClN5O3S. The van der Waals surface area contributed by atoms with E-state index >= 15 is 0 Å². The third-order valence-electron chi connectivity index (χ3n) is 5.52. The van der Waals surface area contributed by atoms with Crippen molar-refractivity contribution in [1.29, 1.82) is 0 Å². The van der Waals surface area contributed by atoms with Gasteiger partial charge in [0.05, 0.1) is 0 Å². The lowest BCUT2D eigenvalue weighted by molar-refractivity contribution is -0.123. The van der Waals surface area contributed by atoms with Crippen LogP contribution in [0.2, 0.25) is 5.02 Å². The number of nitrogens with zero attached hydrogens (tertiary/aromatic N) is 4. The molecule has 0 bridgehead atoms. The normalized spacial score (nSPS) is 16.5. The quantitative estimate of drug-likeness (QED) is 0.641. The highest BCUT2D eigenvalue weighted by Gasteiger charge is 2.29. The summed E-state index contributed by atoms with van der Waals surface area (Å²) >= 11 is 5.96. The maximum absolute atomic E-state index is 12.6. The third kappa shape index (κ3) is 5.17. The van der Waals surface area contributed by atoms with E-state index in [4.69, 9.17) is 17.3 Å². The van der Waals surface area contributed by atoms with Gasteiger partial charge in [0.15, 0.2) is 0 Å². The summed E-state index contributed by atoms with van der Waals surface area (Å²) in [5.74, 6) is 0.306. The van der Waals surface area contributed by atoms with E-state index in [2.05, 4.69) is 9.88 Å². The fourth-order valence-corrected chi connectivity index (χ4v) is 5.36. The molecule has 1 aromatic carbocycles. The number of halogens is 1. The maximum Gasteiger partial charge on any atom is 0.244 e. The van der Waals surface area contributed by atoms with Crippen molar-refractivity contribution in [2.75, 3.05) is 44.2 Å². The van der Waals surface area contributed by atoms with Crippen LogP contribution in [0.4, 0.5) is 5.82 Å². The molecule has 1 unspecified atom stereocenters. The van der Waals surface area contributed by atoms with Gasteiger partial charge in [-0.3, -0.25) is 9.69 Å². The number of piperazine rings is 1. The second kappa shape index (κ2) is 9.95. The molecule has 1 aromatic heterocycles. The van der Waals surface area contributed by atoms with Gasteiger partial charge in [0.2, 0.25) is 15.9 Å². The van der Waals surface area contributed by atoms with Gasteiger partial charge in [-0.15, -0.1) is 0 Å². The summed E-state index contributed by atoms with van der Waals surface area (Å²) in [6, 6.07) is 9.95. The molecule has 1 aliphatic heterocycles. The Labute approximate surface area is 188 Å². The minimum Gasteiger partial charge on any atom is -0.368 e. The Hall–Kier alpha value is -2.20. The average molecular weight is 466 g/mol. The van der Waals surface area contributed by atoms with E-state index < -0.39 is 22.0 Å². The van der Waals surface area contributed by atoms with Gasteiger partial charge in [0.1, 0.15) is 16.8 Å². The molecule has 1 atom stereocenters. The van der Waals surface area contributed by atoms with Crippen molar-refractivity contribution >= 4 is 33.3 Å². The summed E-state index contributed by atoms with van der Waals surface area (Å²) in [4.78, 5) is 20.8. The number of rotatable bonds is 8. The first-order valence-corrected chi connectivity index (χ1v) is 12.1. The lowest BCUT2D eigenvalue weighted by Gasteiger charge is -2.38. The lowest BCUT2D eigenvalue weighted by atomic mass is 10.0. The van der Waals surface area contributed by atoms with Gasteiger partial charge in [-0.25, -0.2) is 13.4 Å². The largest absolute Gasteiger partial charge is 0.368 e. The predicted octanol–water partition coefficient (Wildman–Crippen LogP) is 2.11. The van der Waals surface area contributed by atoms with E-state index in [1.807, 2.05) is 30.9 Å². The van der Waals surface area contributed by atoms with Crippen LogP contribution in [0.1, 0.15) is 25.5 Å². The number of benzene rings is 1. The van der Waals surface area contributed by atoms with Crippen LogP contribution in [0.25, 0.3) is 0 Å². The topological polar surface area (TPSA) is 99.8 Å². The van der Waals surface area contributed by atoms with Crippen molar-refractivity contribution in [3.05, 3.63) is 53.2 Å². The maximum atomic E-state index is 12.6. The summed E-state index contributed by atoms with van der Waals surface area (Å²) in [5.41, 5.74) is 6.50. The number of hydrogen-bond acceptors (Lipinski definition) is 6. The zero-order valence-electron chi connectivity index (χ0n) is 17.7. The van der Waals surface area contributed by atoms with E-state index in [1.165, 1.54) is 10.5 Å². The van der Waals surface area contributed by atoms with Crippen molar-refractivity contribution in [1.82, 2.24) is 14.2 Å². The molecule has 3 rings (SSSR count). The number of nitrogens with two attached hydrogens (primary N) is 1. The van der Waals surface area contributed by atoms with Crippen LogP contribution in [-0.4, -0.2) is 67.8 Å². The second-order valence-electron chi connectivity index (χ2n) is 7.32. The Bertz CT molecular complexity index is 987. The van der Waals surface area contributed by atoms with Crippen molar-refractivity contribution in [2.45, 2.75) is 24.8 Å². The van der Waals surface area contributed by atoms with E-state index in [9.17, 15) is 13.2 Å². The Morgan fingerprint density at radius 2 is 1.71 bits per heavy atom. The summed E-state index contributed by atoms with van der Waals surface area (Å²) < 4.78 is 26.7. The fourth-order valence-electron chi connectivity index (χ4n) is 3.83. The van der Waals surface area contributed by atoms with Gasteiger partial charge < -0.3 is 10.6 Å². The van der Waals surface area contributed by atoms with E-state index in [-0.39, 0.29) is 4.90 Å². The van der Waals surface area contributed by atoms with Crippen molar-refractivity contribution in [3.8, 4) is 0 Å². The number of amides is 1. The molecule has 2 aromatic rings. The average Bonchev–Trinajstić information content (AvgIpc) is 2.76. The van der Waals surface area contributed by atoms with Crippen molar-refractivity contribution in [3.63, 3.8) is 0 Å². The molecule has 1 amide bonds. The van der Waals surface area contributed by atoms with E-state index in [1.54, 1.807) is 24.3 Å². The third-order valence-corrected chi connectivity index (χ3v) is 7.81. The number of anilines is 1. The molecule has 8 nitrogen and oxygen atoms in total. The highest BCUT2D eigenvalue weighted by molar-refractivity contribution is 7.89. The summed E-state index contributed by atoms with van der Waals surface area (Å²) in [6.07, 6.45) is 1.41. The van der Waals surface area contributed by atoms with Crippen LogP contribution in [-0.2, 0) is 14.8 Å². The van der Waals surface area contributed by atoms with Crippen LogP contribution < -0.4 is 10.6 Å². The summed E-state index contributed by atoms with van der Waals surface area (Å²) in [5, 5.41) is 0.606. The Balaban J connectivity index is 1.69. The number of carbonyl (C=O) groups is 1. The van der Waals surface area contributed by atoms with E-state index in [0.717, 1.165) is 5.56 Å². The first-order chi connectivity index (χ1) is 14.8. The Morgan fingerprint density at radius 3 is 2.19 bits per heavy atom. The van der Waals surface area contributed by atoms with Crippen molar-refractivity contribution in [2.24, 2.45) is 5.73 Å². The number of sulfonamides is 1. The molecule has 2 N–H and O–H groups in total. The molecule has 0 saturated carbocycles. The SMILES string of the molecule is CCN(CC)S(=O)(=O)c1ccc(N2CCN(C(C(N)=O)c3ccc(Cl)cc3)CC2)nc1. The molecule has 1 aliphatic rings. The molecule has 1 fully saturated rings. The molecule has 10 heteroatoms. The van der Waals surface area contributed by atoms with Gasteiger partial charge in [-0.05, 0) is 29.8 Å². The minimum absolute atomic E-state index is 0.190. The molecule has 1 saturated heterocycles. The summed E-state index contributed by atoms with van der Waals surface area (Å²) in [7, 11) is -3.53. The Kier molecular flexibility index (Phi) is 7.53. The summed E-state index contributed by atoms with van der Waals surface area (Å²) in [6.45, 7) is 6.99. The zero-order valence-corrected chi connectivity index (χ0v) is 19.3. The van der Waals surface area contributed by atoms with Crippen LogP contribution >= 0.6 is 11.6 Å². The van der Waals surface area contributed by atoms with Crippen LogP contribution in [0.5, 0.6) is 0 Å². The number of pyridine rings is 1. The lowest BCUT2D eigenvalue weighted by Crippen LogP contribution is -2.50. The van der Waals surface area contributed by atoms with Gasteiger partial charge in [0.25, 0.3) is 0 Å². The van der Waals surface area contributed by atoms with Gasteiger partial charge in [0, 0.05) is 50.5 Å². The standard InChI is InChI=1S/C21H28ClN5O3S/c1-3-27(4-2)31(29,30)18-9-10-19(24-15-18)25-11-13-26(14-12-25)20(21(23)28)16-5-7-17(22)8-6-16/h5-10,15,20H,3-4,11-14H2,1-2H3,(H2,23,28). The molecule has 0 spiro atoms. The first-order valence-electron chi connectivity index (χ1n) is 10.3. The smallest absolute Gasteiger partial charge is 0.244 e. The molecular weight excluding hydrogens is 438 g/mol. The zero-order chi connectivity index (χ0) is 22.6. The number of hydrogen-bond donors (Lipinski definition) is 1. The highest BCUT2D eigenvalue weighted by atomic mass is 35.5. The molecule has 0 radical (unpaired) electrons. The number of primary amides is 1. The van der Waals surface area contributed by atoms with E-state index in [0.29, 0.717) is 50.1 Å². The highest BCUT2D eigenvalue weighted by Crippen LogP contribution is 2.25. The van der Waals surface area contributed by atoms with Crippen LogP contribution in [0.15, 0.2) is 47.5 Å². The fraction of sp³-hybridized carbons (Fsp3) is 0.429. The monoisotopic (exact) mass is 465 g/mol. The van der Waals surface area contributed by atoms with Gasteiger partial charge >= 0.3 is 0 Å². The number of carbonyl (C=O) groups excluding carboxylic acids is 1. The predicted molar refractivity (Wildman–Crippen MR) is 122 cm³/mol. The van der Waals surface area contributed by atoms with Gasteiger partial charge in [-0.2, -0.15) is 4.31 Å². The minimum atomic E-state index is -3.53. The Morgan fingerprint density at radius 1 is 1.10 bits per heavy atom. The molecule has 168 valence electrons. The molecule has 0 aliphatic carbocycles. The first kappa shape index (κ1) is 23.5. The van der Waals surface area contributed by atoms with Gasteiger partial charge in [-0.1, -0.05) is 37.6 Å². The molecule has 31 heavy (non-hydrogen) atoms. The molecule has 2 heterocycles.